The molecule has 68 heavy (non-hydrogen) atoms. The Kier molecular flexibility index (Phi) is 50.9. The number of carbonyl (C=O) groups excluding carboxylic acids is 2. The van der Waals surface area contributed by atoms with Crippen LogP contribution < -0.4 is 5.73 Å². The molecule has 0 bridgehead atoms. The Hall–Kier alpha value is -3.07. The van der Waals surface area contributed by atoms with Crippen LogP contribution in [0, 0.1) is 0 Å². The number of allylic oxidation sites excluding steroid dienone is 16. The molecule has 2 unspecified atom stereocenters. The molecule has 2 atom stereocenters. The standard InChI is InChI=1S/C58H100NO8P/c1-3-5-7-9-11-13-15-17-19-20-21-22-23-24-25-26-27-28-29-30-31-32-33-34-35-36-37-39-41-43-45-47-49-51-58(61)67-56(55-66-68(62,63)65-53-52-59)54-64-57(60)50-48-46-44-42-40-38-18-16-14-12-10-8-6-4-2/h5,7,11,13,17,19,21-22,24-25,27-28,30-31,33-34,56H,3-4,6,8-10,12,14-16,18,20,23,26,29,32,35-55,59H2,1-2H3,(H,62,63)/b7-5-,13-11-,19-17-,22-21-,25-24-,28-27-,31-30-,34-33-. The van der Waals surface area contributed by atoms with E-state index < -0.39 is 26.5 Å². The Morgan fingerprint density at radius 2 is 0.809 bits per heavy atom. The number of unbranched alkanes of at least 4 members (excludes halogenated alkanes) is 21. The van der Waals surface area contributed by atoms with Gasteiger partial charge in [-0.2, -0.15) is 0 Å². The van der Waals surface area contributed by atoms with Crippen molar-refractivity contribution in [3.8, 4) is 0 Å². The van der Waals surface area contributed by atoms with Gasteiger partial charge in [0.25, 0.3) is 0 Å². The van der Waals surface area contributed by atoms with Crippen molar-refractivity contribution >= 4 is 19.8 Å². The Labute approximate surface area is 416 Å². The molecule has 10 heteroatoms. The Balaban J connectivity index is 4.02. The maximum absolute atomic E-state index is 12.7. The molecule has 0 rings (SSSR count). The first-order valence-electron chi connectivity index (χ1n) is 27.2. The van der Waals surface area contributed by atoms with Gasteiger partial charge in [0.05, 0.1) is 13.2 Å². The first-order chi connectivity index (χ1) is 33.3. The first kappa shape index (κ1) is 64.9. The zero-order chi connectivity index (χ0) is 49.5. The Morgan fingerprint density at radius 1 is 0.456 bits per heavy atom. The lowest BCUT2D eigenvalue weighted by Crippen LogP contribution is -2.29. The van der Waals surface area contributed by atoms with Gasteiger partial charge in [0.1, 0.15) is 6.61 Å². The second-order valence-corrected chi connectivity index (χ2v) is 19.2. The molecule has 9 nitrogen and oxygen atoms in total. The van der Waals surface area contributed by atoms with Gasteiger partial charge in [-0.15, -0.1) is 0 Å². The first-order valence-corrected chi connectivity index (χ1v) is 28.7. The quantitative estimate of drug-likeness (QED) is 0.0264. The van der Waals surface area contributed by atoms with Crippen molar-refractivity contribution in [2.24, 2.45) is 5.73 Å². The third-order valence-electron chi connectivity index (χ3n) is 11.2. The molecular weight excluding hydrogens is 870 g/mol. The molecule has 0 aromatic rings. The van der Waals surface area contributed by atoms with Crippen LogP contribution in [0.2, 0.25) is 0 Å². The molecule has 0 saturated carbocycles. The van der Waals surface area contributed by atoms with E-state index in [9.17, 15) is 19.0 Å². The van der Waals surface area contributed by atoms with Crippen LogP contribution in [0.4, 0.5) is 0 Å². The van der Waals surface area contributed by atoms with Crippen LogP contribution in [0.25, 0.3) is 0 Å². The largest absolute Gasteiger partial charge is 0.472 e. The van der Waals surface area contributed by atoms with E-state index in [1.807, 2.05) is 0 Å². The minimum absolute atomic E-state index is 0.0487. The number of phosphoric ester groups is 1. The molecule has 0 aliphatic heterocycles. The van der Waals surface area contributed by atoms with E-state index in [2.05, 4.69) is 111 Å². The second kappa shape index (κ2) is 53.3. The van der Waals surface area contributed by atoms with E-state index in [0.717, 1.165) is 96.3 Å². The van der Waals surface area contributed by atoms with Gasteiger partial charge < -0.3 is 20.1 Å². The predicted molar refractivity (Wildman–Crippen MR) is 288 cm³/mol. The summed E-state index contributed by atoms with van der Waals surface area (Å²) in [6.45, 7) is 3.62. The summed E-state index contributed by atoms with van der Waals surface area (Å²) in [5.41, 5.74) is 5.37. The number of ether oxygens (including phenoxy) is 2. The smallest absolute Gasteiger partial charge is 0.462 e. The number of nitrogens with two attached hydrogens (primary N) is 1. The van der Waals surface area contributed by atoms with Crippen molar-refractivity contribution in [1.29, 1.82) is 0 Å². The van der Waals surface area contributed by atoms with Gasteiger partial charge in [-0.25, -0.2) is 4.57 Å². The fourth-order valence-electron chi connectivity index (χ4n) is 7.24. The zero-order valence-corrected chi connectivity index (χ0v) is 44.2. The lowest BCUT2D eigenvalue weighted by Gasteiger charge is -2.19. The van der Waals surface area contributed by atoms with Crippen molar-refractivity contribution < 1.29 is 37.6 Å². The highest BCUT2D eigenvalue weighted by atomic mass is 31.2. The molecule has 0 fully saturated rings. The van der Waals surface area contributed by atoms with Crippen LogP contribution >= 0.6 is 7.82 Å². The molecule has 390 valence electrons. The number of hydrogen-bond acceptors (Lipinski definition) is 8. The summed E-state index contributed by atoms with van der Waals surface area (Å²) in [5, 5.41) is 0. The zero-order valence-electron chi connectivity index (χ0n) is 43.3. The van der Waals surface area contributed by atoms with Gasteiger partial charge in [0.15, 0.2) is 6.10 Å². The average Bonchev–Trinajstić information content (AvgIpc) is 3.33. The Bertz CT molecular complexity index is 1430. The average molecular weight is 970 g/mol. The third kappa shape index (κ3) is 52.3. The highest BCUT2D eigenvalue weighted by Gasteiger charge is 2.26. The molecule has 0 saturated heterocycles. The fraction of sp³-hybridized carbons (Fsp3) is 0.690. The van der Waals surface area contributed by atoms with Crippen LogP contribution in [0.5, 0.6) is 0 Å². The van der Waals surface area contributed by atoms with Crippen molar-refractivity contribution in [3.63, 3.8) is 0 Å². The van der Waals surface area contributed by atoms with Crippen LogP contribution in [0.15, 0.2) is 97.2 Å². The van der Waals surface area contributed by atoms with Gasteiger partial charge in [-0.1, -0.05) is 233 Å². The summed E-state index contributed by atoms with van der Waals surface area (Å²) in [6, 6.07) is 0. The van der Waals surface area contributed by atoms with Crippen molar-refractivity contribution in [3.05, 3.63) is 97.2 Å². The minimum atomic E-state index is -4.39. The summed E-state index contributed by atoms with van der Waals surface area (Å²) < 4.78 is 32.9. The monoisotopic (exact) mass is 970 g/mol. The van der Waals surface area contributed by atoms with Gasteiger partial charge in [0.2, 0.25) is 0 Å². The SMILES string of the molecule is CC/C=C\C/C=C\C/C=C\C/C=C\C/C=C\C/C=C\C/C=C\C/C=C\CCCCCCCCCCC(=O)OC(COC(=O)CCCCCCCCCCCCCCCC)COP(=O)(O)OCCN. The summed E-state index contributed by atoms with van der Waals surface area (Å²) in [4.78, 5) is 35.1. The lowest BCUT2D eigenvalue weighted by atomic mass is 10.0. The molecule has 0 spiro atoms. The van der Waals surface area contributed by atoms with E-state index in [4.69, 9.17) is 24.3 Å². The van der Waals surface area contributed by atoms with Crippen molar-refractivity contribution in [2.75, 3.05) is 26.4 Å². The molecule has 0 heterocycles. The lowest BCUT2D eigenvalue weighted by molar-refractivity contribution is -0.161. The van der Waals surface area contributed by atoms with E-state index in [1.165, 1.54) is 96.3 Å². The molecular formula is C58H100NO8P. The van der Waals surface area contributed by atoms with Crippen LogP contribution in [0.1, 0.15) is 226 Å². The molecule has 0 aromatic heterocycles. The summed E-state index contributed by atoms with van der Waals surface area (Å²) >= 11 is 0. The molecule has 0 aromatic carbocycles. The second-order valence-electron chi connectivity index (χ2n) is 17.7. The summed E-state index contributed by atoms with van der Waals surface area (Å²) in [6.07, 6.45) is 70.2. The van der Waals surface area contributed by atoms with E-state index in [1.54, 1.807) is 0 Å². The van der Waals surface area contributed by atoms with Gasteiger partial charge in [-0.05, 0) is 77.0 Å². The maximum Gasteiger partial charge on any atom is 0.472 e. The van der Waals surface area contributed by atoms with Crippen LogP contribution in [-0.2, 0) is 32.7 Å². The van der Waals surface area contributed by atoms with Crippen molar-refractivity contribution in [1.82, 2.24) is 0 Å². The third-order valence-corrected chi connectivity index (χ3v) is 12.2. The number of esters is 2. The van der Waals surface area contributed by atoms with Gasteiger partial charge >= 0.3 is 19.8 Å². The summed E-state index contributed by atoms with van der Waals surface area (Å²) in [5.74, 6) is -0.838. The van der Waals surface area contributed by atoms with E-state index in [-0.39, 0.29) is 38.6 Å². The molecule has 0 amide bonds. The topological polar surface area (TPSA) is 134 Å². The maximum atomic E-state index is 12.7. The van der Waals surface area contributed by atoms with Crippen LogP contribution in [-0.4, -0.2) is 49.3 Å². The Morgan fingerprint density at radius 3 is 1.21 bits per heavy atom. The fourth-order valence-corrected chi connectivity index (χ4v) is 8.00. The number of hydrogen-bond donors (Lipinski definition) is 2. The highest BCUT2D eigenvalue weighted by Crippen LogP contribution is 2.43. The number of carbonyl (C=O) groups is 2. The van der Waals surface area contributed by atoms with E-state index >= 15 is 0 Å². The highest BCUT2D eigenvalue weighted by molar-refractivity contribution is 7.47. The normalized spacial score (nSPS) is 13.9. The number of phosphoric acid groups is 1. The van der Waals surface area contributed by atoms with Crippen LogP contribution in [0.3, 0.4) is 0 Å². The van der Waals surface area contributed by atoms with Crippen molar-refractivity contribution in [2.45, 2.75) is 232 Å². The molecule has 0 radical (unpaired) electrons. The predicted octanol–water partition coefficient (Wildman–Crippen LogP) is 16.9. The molecule has 0 aliphatic carbocycles. The summed E-state index contributed by atoms with van der Waals surface area (Å²) in [7, 11) is -4.39. The number of rotatable bonds is 50. The molecule has 3 N–H and O–H groups in total. The minimum Gasteiger partial charge on any atom is -0.462 e. The molecule has 0 aliphatic rings. The van der Waals surface area contributed by atoms with E-state index in [0.29, 0.717) is 6.42 Å². The van der Waals surface area contributed by atoms with Gasteiger partial charge in [-0.3, -0.25) is 18.6 Å². The van der Waals surface area contributed by atoms with Gasteiger partial charge in [0, 0.05) is 19.4 Å².